The number of hydrogen-bond acceptors (Lipinski definition) is 2. The summed E-state index contributed by atoms with van der Waals surface area (Å²) in [6.07, 6.45) is 9.62. The normalized spacial score (nSPS) is 31.7. The Morgan fingerprint density at radius 1 is 1.11 bits per heavy atom. The molecule has 112 valence electrons. The number of nitrogens with two attached hydrogens (primary N) is 1. The maximum absolute atomic E-state index is 6.35. The summed E-state index contributed by atoms with van der Waals surface area (Å²) in [6, 6.07) is 0.795. The van der Waals surface area contributed by atoms with E-state index < -0.39 is 0 Å². The lowest BCUT2D eigenvalue weighted by Gasteiger charge is -2.52. The molecule has 0 aromatic carbocycles. The van der Waals surface area contributed by atoms with Crippen molar-refractivity contribution in [3.8, 4) is 0 Å². The lowest BCUT2D eigenvalue weighted by atomic mass is 9.72. The molecule has 2 aliphatic rings. The summed E-state index contributed by atoms with van der Waals surface area (Å²) in [4.78, 5) is 2.86. The molecule has 0 heterocycles. The lowest BCUT2D eigenvalue weighted by Crippen LogP contribution is -2.63. The van der Waals surface area contributed by atoms with Gasteiger partial charge in [0.25, 0.3) is 0 Å². The first-order chi connectivity index (χ1) is 8.93. The van der Waals surface area contributed by atoms with Crippen LogP contribution in [0.5, 0.6) is 0 Å². The molecule has 0 amide bonds. The molecule has 2 N–H and O–H groups in total. The van der Waals surface area contributed by atoms with Crippen LogP contribution in [0.3, 0.4) is 0 Å². The van der Waals surface area contributed by atoms with E-state index >= 15 is 0 Å². The number of rotatable bonds is 5. The van der Waals surface area contributed by atoms with Crippen LogP contribution in [0.4, 0.5) is 0 Å². The topological polar surface area (TPSA) is 29.3 Å². The Morgan fingerprint density at radius 2 is 1.74 bits per heavy atom. The van der Waals surface area contributed by atoms with Crippen molar-refractivity contribution in [3.05, 3.63) is 0 Å². The first-order valence-electron chi connectivity index (χ1n) is 8.40. The summed E-state index contributed by atoms with van der Waals surface area (Å²) in [6.45, 7) is 11.7. The lowest BCUT2D eigenvalue weighted by molar-refractivity contribution is -0.0256. The molecule has 0 aromatic heterocycles. The molecule has 0 aromatic rings. The standard InChI is InChI=1S/C17H34N2/c1-14(2)12-19(15-8-5-6-9-15)17(13-18)11-7-10-16(17,3)4/h14-15H,5-13,18H2,1-4H3. The van der Waals surface area contributed by atoms with Gasteiger partial charge in [0.15, 0.2) is 0 Å². The van der Waals surface area contributed by atoms with Gasteiger partial charge in [0.05, 0.1) is 0 Å². The Bertz CT molecular complexity index is 292. The summed E-state index contributed by atoms with van der Waals surface area (Å²) in [5.74, 6) is 0.737. The van der Waals surface area contributed by atoms with Gasteiger partial charge in [-0.25, -0.2) is 0 Å². The highest BCUT2D eigenvalue weighted by Crippen LogP contribution is 2.51. The van der Waals surface area contributed by atoms with Crippen molar-refractivity contribution in [3.63, 3.8) is 0 Å². The Labute approximate surface area is 120 Å². The fourth-order valence-corrected chi connectivity index (χ4v) is 4.70. The summed E-state index contributed by atoms with van der Waals surface area (Å²) in [5.41, 5.74) is 6.98. The molecule has 2 rings (SSSR count). The quantitative estimate of drug-likeness (QED) is 0.820. The maximum atomic E-state index is 6.35. The minimum atomic E-state index is 0.256. The van der Waals surface area contributed by atoms with Crippen LogP contribution >= 0.6 is 0 Å². The van der Waals surface area contributed by atoms with Gasteiger partial charge in [-0.15, -0.1) is 0 Å². The van der Waals surface area contributed by atoms with Crippen molar-refractivity contribution in [2.24, 2.45) is 17.1 Å². The molecule has 0 radical (unpaired) electrons. The van der Waals surface area contributed by atoms with E-state index in [-0.39, 0.29) is 5.54 Å². The molecular formula is C17H34N2. The van der Waals surface area contributed by atoms with E-state index in [1.165, 1.54) is 51.5 Å². The third-order valence-electron chi connectivity index (χ3n) is 5.87. The van der Waals surface area contributed by atoms with Gasteiger partial charge in [0, 0.05) is 24.7 Å². The molecule has 0 saturated heterocycles. The Morgan fingerprint density at radius 3 is 2.16 bits per heavy atom. The van der Waals surface area contributed by atoms with Crippen LogP contribution < -0.4 is 5.73 Å². The SMILES string of the molecule is CC(C)CN(C1CCCC1)C1(CN)CCCC1(C)C. The number of nitrogens with zero attached hydrogens (tertiary/aromatic N) is 1. The monoisotopic (exact) mass is 266 g/mol. The van der Waals surface area contributed by atoms with Crippen LogP contribution in [0.15, 0.2) is 0 Å². The zero-order chi connectivity index (χ0) is 14.1. The van der Waals surface area contributed by atoms with Gasteiger partial charge in [-0.2, -0.15) is 0 Å². The van der Waals surface area contributed by atoms with Crippen LogP contribution in [-0.4, -0.2) is 29.6 Å². The fourth-order valence-electron chi connectivity index (χ4n) is 4.70. The molecule has 2 aliphatic carbocycles. The largest absolute Gasteiger partial charge is 0.329 e. The Kier molecular flexibility index (Phi) is 4.62. The molecule has 1 unspecified atom stereocenters. The van der Waals surface area contributed by atoms with Crippen LogP contribution in [0.2, 0.25) is 0 Å². The van der Waals surface area contributed by atoms with Gasteiger partial charge in [0.1, 0.15) is 0 Å². The first-order valence-corrected chi connectivity index (χ1v) is 8.40. The second kappa shape index (κ2) is 5.73. The second-order valence-electron chi connectivity index (χ2n) is 7.96. The average Bonchev–Trinajstić information content (AvgIpc) is 2.93. The second-order valence-corrected chi connectivity index (χ2v) is 7.96. The fraction of sp³-hybridized carbons (Fsp3) is 1.00. The molecule has 2 saturated carbocycles. The minimum absolute atomic E-state index is 0.256. The predicted octanol–water partition coefficient (Wildman–Crippen LogP) is 3.79. The van der Waals surface area contributed by atoms with E-state index in [0.29, 0.717) is 5.41 Å². The highest BCUT2D eigenvalue weighted by Gasteiger charge is 2.53. The average molecular weight is 266 g/mol. The van der Waals surface area contributed by atoms with E-state index in [1.54, 1.807) is 0 Å². The zero-order valence-electron chi connectivity index (χ0n) is 13.5. The Hall–Kier alpha value is -0.0800. The molecular weight excluding hydrogens is 232 g/mol. The van der Waals surface area contributed by atoms with Crippen LogP contribution in [0.1, 0.15) is 72.6 Å². The summed E-state index contributed by atoms with van der Waals surface area (Å²) >= 11 is 0. The summed E-state index contributed by atoms with van der Waals surface area (Å²) in [7, 11) is 0. The zero-order valence-corrected chi connectivity index (χ0v) is 13.5. The van der Waals surface area contributed by atoms with Gasteiger partial charge < -0.3 is 5.73 Å². The molecule has 1 atom stereocenters. The van der Waals surface area contributed by atoms with Crippen molar-refractivity contribution < 1.29 is 0 Å². The highest BCUT2D eigenvalue weighted by atomic mass is 15.3. The third kappa shape index (κ3) is 2.71. The van der Waals surface area contributed by atoms with Crippen molar-refractivity contribution in [2.75, 3.05) is 13.1 Å². The number of hydrogen-bond donors (Lipinski definition) is 1. The van der Waals surface area contributed by atoms with Crippen molar-refractivity contribution in [2.45, 2.75) is 84.2 Å². The molecule has 2 fully saturated rings. The van der Waals surface area contributed by atoms with E-state index in [2.05, 4.69) is 32.6 Å². The maximum Gasteiger partial charge on any atom is 0.0385 e. The molecule has 2 heteroatoms. The Balaban J connectivity index is 2.28. The first kappa shape index (κ1) is 15.3. The van der Waals surface area contributed by atoms with E-state index in [0.717, 1.165) is 18.5 Å². The molecule has 0 spiro atoms. The third-order valence-corrected chi connectivity index (χ3v) is 5.87. The van der Waals surface area contributed by atoms with Crippen molar-refractivity contribution >= 4 is 0 Å². The van der Waals surface area contributed by atoms with Gasteiger partial charge in [0.2, 0.25) is 0 Å². The van der Waals surface area contributed by atoms with Gasteiger partial charge in [-0.05, 0) is 37.0 Å². The minimum Gasteiger partial charge on any atom is -0.329 e. The van der Waals surface area contributed by atoms with E-state index in [1.807, 2.05) is 0 Å². The summed E-state index contributed by atoms with van der Waals surface area (Å²) in [5, 5.41) is 0. The van der Waals surface area contributed by atoms with Gasteiger partial charge in [-0.1, -0.05) is 47.0 Å². The van der Waals surface area contributed by atoms with Gasteiger partial charge >= 0.3 is 0 Å². The van der Waals surface area contributed by atoms with Crippen LogP contribution in [0, 0.1) is 11.3 Å². The molecule has 0 aliphatic heterocycles. The van der Waals surface area contributed by atoms with Gasteiger partial charge in [-0.3, -0.25) is 4.90 Å². The molecule has 0 bridgehead atoms. The van der Waals surface area contributed by atoms with Crippen LogP contribution in [0.25, 0.3) is 0 Å². The van der Waals surface area contributed by atoms with Crippen molar-refractivity contribution in [1.82, 2.24) is 4.90 Å². The molecule has 2 nitrogen and oxygen atoms in total. The smallest absolute Gasteiger partial charge is 0.0385 e. The molecule has 19 heavy (non-hydrogen) atoms. The highest BCUT2D eigenvalue weighted by molar-refractivity contribution is 5.09. The predicted molar refractivity (Wildman–Crippen MR) is 83.2 cm³/mol. The van der Waals surface area contributed by atoms with E-state index in [9.17, 15) is 0 Å². The van der Waals surface area contributed by atoms with Crippen molar-refractivity contribution in [1.29, 1.82) is 0 Å². The van der Waals surface area contributed by atoms with Crippen LogP contribution in [-0.2, 0) is 0 Å². The van der Waals surface area contributed by atoms with E-state index in [4.69, 9.17) is 5.73 Å². The summed E-state index contributed by atoms with van der Waals surface area (Å²) < 4.78 is 0.